The summed E-state index contributed by atoms with van der Waals surface area (Å²) in [6.07, 6.45) is -1.34. The van der Waals surface area contributed by atoms with E-state index in [0.29, 0.717) is 26.2 Å². The number of anilines is 1. The molecule has 2 aliphatic rings. The van der Waals surface area contributed by atoms with Gasteiger partial charge in [-0.1, -0.05) is 12.1 Å². The van der Waals surface area contributed by atoms with Crippen LogP contribution >= 0.6 is 0 Å². The summed E-state index contributed by atoms with van der Waals surface area (Å²) >= 11 is 0. The van der Waals surface area contributed by atoms with Crippen LogP contribution in [0.25, 0.3) is 0 Å². The van der Waals surface area contributed by atoms with Crippen LogP contribution < -0.4 is 10.4 Å². The molecule has 130 valence electrons. The Hall–Kier alpha value is -1.60. The van der Waals surface area contributed by atoms with Gasteiger partial charge < -0.3 is 19.1 Å². The van der Waals surface area contributed by atoms with Gasteiger partial charge in [-0.2, -0.15) is 0 Å². The minimum absolute atomic E-state index is 0.356. The zero-order valence-electron chi connectivity index (χ0n) is 14.7. The third-order valence-corrected chi connectivity index (χ3v) is 5.31. The summed E-state index contributed by atoms with van der Waals surface area (Å²) < 4.78 is 24.8. The number of carbonyl (C=O) groups is 1. The standard InChI is InChI=1S/C17H24BFN2O3/c1-16(2)17(3,4)24-18(23-16)13-5-7-14(8-6-13)20-9-11-21(12-10-20)15(19)22/h5-8H,9-12H2,1-4H3. The molecule has 3 rings (SSSR count). The second kappa shape index (κ2) is 6.04. The molecule has 0 atom stereocenters. The molecule has 2 saturated heterocycles. The highest BCUT2D eigenvalue weighted by Gasteiger charge is 2.51. The first-order valence-electron chi connectivity index (χ1n) is 8.34. The van der Waals surface area contributed by atoms with Crippen LogP contribution in [0.4, 0.5) is 14.9 Å². The van der Waals surface area contributed by atoms with Crippen molar-refractivity contribution in [3.63, 3.8) is 0 Å². The molecular weight excluding hydrogens is 310 g/mol. The monoisotopic (exact) mass is 334 g/mol. The third-order valence-electron chi connectivity index (χ3n) is 5.31. The highest BCUT2D eigenvalue weighted by molar-refractivity contribution is 6.62. The molecule has 5 nitrogen and oxygen atoms in total. The summed E-state index contributed by atoms with van der Waals surface area (Å²) in [5, 5.41) is 0. The first-order valence-corrected chi connectivity index (χ1v) is 8.34. The first-order chi connectivity index (χ1) is 11.2. The molecule has 2 aliphatic heterocycles. The number of halogens is 1. The molecule has 7 heteroatoms. The van der Waals surface area contributed by atoms with Gasteiger partial charge in [0.2, 0.25) is 0 Å². The fourth-order valence-electron chi connectivity index (χ4n) is 2.96. The van der Waals surface area contributed by atoms with Crippen LogP contribution in [0.1, 0.15) is 27.7 Å². The Morgan fingerprint density at radius 1 is 1.00 bits per heavy atom. The van der Waals surface area contributed by atoms with E-state index in [1.54, 1.807) is 0 Å². The molecule has 0 N–H and O–H groups in total. The zero-order valence-corrected chi connectivity index (χ0v) is 14.7. The van der Waals surface area contributed by atoms with E-state index in [2.05, 4.69) is 4.90 Å². The van der Waals surface area contributed by atoms with Gasteiger partial charge >= 0.3 is 13.3 Å². The Morgan fingerprint density at radius 3 is 1.96 bits per heavy atom. The van der Waals surface area contributed by atoms with Crippen molar-refractivity contribution in [2.45, 2.75) is 38.9 Å². The molecule has 0 aliphatic carbocycles. The number of hydrogen-bond acceptors (Lipinski definition) is 4. The van der Waals surface area contributed by atoms with E-state index in [1.807, 2.05) is 52.0 Å². The Labute approximate surface area is 142 Å². The Kier molecular flexibility index (Phi) is 4.34. The zero-order chi connectivity index (χ0) is 17.5. The lowest BCUT2D eigenvalue weighted by atomic mass is 9.79. The number of amides is 1. The highest BCUT2D eigenvalue weighted by Crippen LogP contribution is 2.36. The lowest BCUT2D eigenvalue weighted by Crippen LogP contribution is -2.47. The summed E-state index contributed by atoms with van der Waals surface area (Å²) in [4.78, 5) is 14.1. The van der Waals surface area contributed by atoms with Crippen molar-refractivity contribution in [3.8, 4) is 0 Å². The van der Waals surface area contributed by atoms with Gasteiger partial charge in [0, 0.05) is 31.9 Å². The van der Waals surface area contributed by atoms with Gasteiger partial charge in [0.15, 0.2) is 0 Å². The number of rotatable bonds is 2. The summed E-state index contributed by atoms with van der Waals surface area (Å²) in [7, 11) is -0.370. The Bertz CT molecular complexity index is 597. The molecule has 1 aromatic carbocycles. The van der Waals surface area contributed by atoms with E-state index in [-0.39, 0.29) is 18.3 Å². The molecule has 1 aromatic rings. The fourth-order valence-corrected chi connectivity index (χ4v) is 2.96. The van der Waals surface area contributed by atoms with E-state index in [1.165, 1.54) is 4.90 Å². The molecular formula is C17H24BFN2O3. The SMILES string of the molecule is CC1(C)OB(c2ccc(N3CCN(C(=O)F)CC3)cc2)OC1(C)C. The Balaban J connectivity index is 1.66. The smallest absolute Gasteiger partial charge is 0.399 e. The quantitative estimate of drug-likeness (QED) is 0.472. The van der Waals surface area contributed by atoms with Crippen LogP contribution in [0.2, 0.25) is 0 Å². The van der Waals surface area contributed by atoms with Crippen LogP contribution in [0, 0.1) is 0 Å². The van der Waals surface area contributed by atoms with Gasteiger partial charge in [-0.3, -0.25) is 0 Å². The molecule has 0 radical (unpaired) electrons. The molecule has 2 fully saturated rings. The van der Waals surface area contributed by atoms with E-state index in [4.69, 9.17) is 9.31 Å². The van der Waals surface area contributed by atoms with E-state index < -0.39 is 6.16 Å². The normalized spacial score (nSPS) is 22.8. The van der Waals surface area contributed by atoms with Crippen molar-refractivity contribution < 1.29 is 18.5 Å². The summed E-state index contributed by atoms with van der Waals surface area (Å²) in [5.41, 5.74) is 1.33. The largest absolute Gasteiger partial charge is 0.494 e. The lowest BCUT2D eigenvalue weighted by molar-refractivity contribution is 0.00578. The summed E-state index contributed by atoms with van der Waals surface area (Å²) in [5.74, 6) is 0. The van der Waals surface area contributed by atoms with Gasteiger partial charge in [0.1, 0.15) is 0 Å². The molecule has 0 bridgehead atoms. The number of benzene rings is 1. The minimum Gasteiger partial charge on any atom is -0.399 e. The molecule has 24 heavy (non-hydrogen) atoms. The van der Waals surface area contributed by atoms with Crippen molar-refractivity contribution in [2.75, 3.05) is 31.1 Å². The van der Waals surface area contributed by atoms with Crippen LogP contribution in [0.15, 0.2) is 24.3 Å². The van der Waals surface area contributed by atoms with Crippen molar-refractivity contribution in [3.05, 3.63) is 24.3 Å². The van der Waals surface area contributed by atoms with E-state index in [9.17, 15) is 9.18 Å². The molecule has 1 amide bonds. The average molecular weight is 334 g/mol. The van der Waals surface area contributed by atoms with Gasteiger partial charge in [-0.05, 0) is 45.3 Å². The molecule has 0 unspecified atom stereocenters. The molecule has 2 heterocycles. The second-order valence-electron chi connectivity index (χ2n) is 7.41. The predicted molar refractivity (Wildman–Crippen MR) is 92.4 cm³/mol. The topological polar surface area (TPSA) is 42.0 Å². The van der Waals surface area contributed by atoms with Gasteiger partial charge in [-0.25, -0.2) is 4.79 Å². The van der Waals surface area contributed by atoms with Crippen LogP contribution in [-0.4, -0.2) is 55.6 Å². The van der Waals surface area contributed by atoms with Crippen LogP contribution in [0.5, 0.6) is 0 Å². The molecule has 0 saturated carbocycles. The predicted octanol–water partition coefficient (Wildman–Crippen LogP) is 2.20. The number of hydrogen-bond donors (Lipinski definition) is 0. The van der Waals surface area contributed by atoms with Gasteiger partial charge in [0.25, 0.3) is 0 Å². The van der Waals surface area contributed by atoms with Crippen molar-refractivity contribution >= 4 is 24.4 Å². The number of carbonyl (C=O) groups excluding carboxylic acids is 1. The minimum atomic E-state index is -1.34. The van der Waals surface area contributed by atoms with Crippen LogP contribution in [0.3, 0.4) is 0 Å². The van der Waals surface area contributed by atoms with E-state index >= 15 is 0 Å². The fraction of sp³-hybridized carbons (Fsp3) is 0.588. The highest BCUT2D eigenvalue weighted by atomic mass is 19.1. The second-order valence-corrected chi connectivity index (χ2v) is 7.41. The average Bonchev–Trinajstić information content (AvgIpc) is 2.76. The van der Waals surface area contributed by atoms with Crippen molar-refractivity contribution in [2.24, 2.45) is 0 Å². The maximum absolute atomic E-state index is 12.7. The van der Waals surface area contributed by atoms with Crippen molar-refractivity contribution in [1.29, 1.82) is 0 Å². The van der Waals surface area contributed by atoms with Gasteiger partial charge in [0.05, 0.1) is 11.2 Å². The number of nitrogens with zero attached hydrogens (tertiary/aromatic N) is 2. The summed E-state index contributed by atoms with van der Waals surface area (Å²) in [6, 6.07) is 8.05. The maximum atomic E-state index is 12.7. The first kappa shape index (κ1) is 17.2. The lowest BCUT2D eigenvalue weighted by Gasteiger charge is -2.34. The molecule has 0 spiro atoms. The van der Waals surface area contributed by atoms with Gasteiger partial charge in [-0.15, -0.1) is 4.39 Å². The third kappa shape index (κ3) is 3.15. The maximum Gasteiger partial charge on any atom is 0.494 e. The van der Waals surface area contributed by atoms with Crippen LogP contribution in [-0.2, 0) is 9.31 Å². The number of piperazine rings is 1. The van der Waals surface area contributed by atoms with Crippen molar-refractivity contribution in [1.82, 2.24) is 4.90 Å². The molecule has 0 aromatic heterocycles. The van der Waals surface area contributed by atoms with E-state index in [0.717, 1.165) is 11.2 Å². The summed E-state index contributed by atoms with van der Waals surface area (Å²) in [6.45, 7) is 10.2. The Morgan fingerprint density at radius 2 is 1.50 bits per heavy atom.